The molecular weight excluding hydrogens is 434 g/mol. The number of ether oxygens (including phenoxy) is 2. The van der Waals surface area contributed by atoms with Crippen LogP contribution >= 0.6 is 11.8 Å². The van der Waals surface area contributed by atoms with Crippen LogP contribution in [0.4, 0.5) is 4.79 Å². The number of nitrogens with one attached hydrogen (secondary N) is 1. The van der Waals surface area contributed by atoms with E-state index in [0.717, 1.165) is 16.7 Å². The maximum Gasteiger partial charge on any atom is 0.293 e. The number of carbonyl (C=O) groups is 3. The van der Waals surface area contributed by atoms with E-state index >= 15 is 0 Å². The number of aromatic nitrogens is 1. The minimum atomic E-state index is -0.405. The van der Waals surface area contributed by atoms with E-state index in [1.54, 1.807) is 31.2 Å². The molecule has 0 unspecified atom stereocenters. The molecular formula is C22H25N3O6S. The summed E-state index contributed by atoms with van der Waals surface area (Å²) >= 11 is 0.858. The first-order valence-corrected chi connectivity index (χ1v) is 11.0. The normalized spacial score (nSPS) is 14.9. The van der Waals surface area contributed by atoms with Crippen LogP contribution in [-0.2, 0) is 11.2 Å². The van der Waals surface area contributed by atoms with Crippen molar-refractivity contribution in [2.24, 2.45) is 0 Å². The topological polar surface area (TPSA) is 111 Å². The number of aryl methyl sites for hydroxylation is 2. The monoisotopic (exact) mass is 459 g/mol. The summed E-state index contributed by atoms with van der Waals surface area (Å²) in [5, 5.41) is 6.20. The Morgan fingerprint density at radius 2 is 2.06 bits per heavy atom. The Kier molecular flexibility index (Phi) is 7.57. The minimum Gasteiger partial charge on any atom is -0.493 e. The number of thioether (sulfide) groups is 1. The number of nitrogens with zero attached hydrogens (tertiary/aromatic N) is 2. The van der Waals surface area contributed by atoms with Gasteiger partial charge in [-0.15, -0.1) is 0 Å². The van der Waals surface area contributed by atoms with E-state index in [9.17, 15) is 14.4 Å². The molecule has 1 aliphatic heterocycles. The maximum absolute atomic E-state index is 12.7. The Labute approximate surface area is 190 Å². The molecule has 0 bridgehead atoms. The van der Waals surface area contributed by atoms with Crippen molar-refractivity contribution in [3.63, 3.8) is 0 Å². The van der Waals surface area contributed by atoms with Crippen LogP contribution in [0, 0.1) is 6.92 Å². The summed E-state index contributed by atoms with van der Waals surface area (Å²) in [6.07, 6.45) is 2.19. The smallest absolute Gasteiger partial charge is 0.293 e. The van der Waals surface area contributed by atoms with Crippen molar-refractivity contribution < 1.29 is 28.4 Å². The molecule has 0 aliphatic carbocycles. The van der Waals surface area contributed by atoms with E-state index in [-0.39, 0.29) is 24.2 Å². The van der Waals surface area contributed by atoms with Crippen LogP contribution in [0.3, 0.4) is 0 Å². The average Bonchev–Trinajstić information content (AvgIpc) is 3.28. The third-order valence-electron chi connectivity index (χ3n) is 4.78. The Balaban J connectivity index is 1.64. The van der Waals surface area contributed by atoms with Gasteiger partial charge in [-0.25, -0.2) is 0 Å². The number of imide groups is 1. The molecule has 0 radical (unpaired) electrons. The van der Waals surface area contributed by atoms with E-state index in [1.807, 2.05) is 13.8 Å². The quantitative estimate of drug-likeness (QED) is 0.568. The molecule has 0 atom stereocenters. The Hall–Kier alpha value is -3.27. The number of carbonyl (C=O) groups excluding carboxylic acids is 3. The predicted molar refractivity (Wildman–Crippen MR) is 120 cm³/mol. The average molecular weight is 460 g/mol. The van der Waals surface area contributed by atoms with E-state index in [0.29, 0.717) is 52.0 Å². The van der Waals surface area contributed by atoms with Gasteiger partial charge in [-0.3, -0.25) is 19.3 Å². The van der Waals surface area contributed by atoms with Crippen LogP contribution in [0.15, 0.2) is 27.6 Å². The molecule has 2 heterocycles. The van der Waals surface area contributed by atoms with Gasteiger partial charge in [0.1, 0.15) is 11.3 Å². The Bertz CT molecular complexity index is 1060. The lowest BCUT2D eigenvalue weighted by atomic mass is 10.1. The second-order valence-electron chi connectivity index (χ2n) is 6.85. The Morgan fingerprint density at radius 1 is 1.28 bits per heavy atom. The van der Waals surface area contributed by atoms with Crippen molar-refractivity contribution in [1.29, 1.82) is 0 Å². The molecule has 0 spiro atoms. The maximum atomic E-state index is 12.7. The zero-order valence-electron chi connectivity index (χ0n) is 18.4. The molecule has 0 saturated carbocycles. The van der Waals surface area contributed by atoms with Crippen LogP contribution in [0.1, 0.15) is 41.2 Å². The number of hydrogen-bond donors (Lipinski definition) is 1. The first-order valence-electron chi connectivity index (χ1n) is 10.2. The molecule has 1 fully saturated rings. The van der Waals surface area contributed by atoms with Crippen molar-refractivity contribution >= 4 is 34.9 Å². The van der Waals surface area contributed by atoms with Gasteiger partial charge in [0.2, 0.25) is 0 Å². The fourth-order valence-electron chi connectivity index (χ4n) is 3.21. The zero-order chi connectivity index (χ0) is 23.3. The zero-order valence-corrected chi connectivity index (χ0v) is 19.2. The summed E-state index contributed by atoms with van der Waals surface area (Å²) < 4.78 is 15.9. The third kappa shape index (κ3) is 4.96. The first-order chi connectivity index (χ1) is 15.4. The van der Waals surface area contributed by atoms with E-state index in [1.165, 1.54) is 7.11 Å². The summed E-state index contributed by atoms with van der Waals surface area (Å²) in [5.41, 5.74) is 1.67. The highest BCUT2D eigenvalue weighted by molar-refractivity contribution is 8.18. The molecule has 9 nitrogen and oxygen atoms in total. The minimum absolute atomic E-state index is 0.0616. The first kappa shape index (κ1) is 23.4. The van der Waals surface area contributed by atoms with Gasteiger partial charge in [0, 0.05) is 13.1 Å². The summed E-state index contributed by atoms with van der Waals surface area (Å²) in [7, 11) is 1.54. The van der Waals surface area contributed by atoms with E-state index in [2.05, 4.69) is 10.5 Å². The van der Waals surface area contributed by atoms with Crippen LogP contribution < -0.4 is 14.8 Å². The number of methoxy groups -OCH3 is 1. The number of benzene rings is 1. The summed E-state index contributed by atoms with van der Waals surface area (Å²) in [6, 6.07) is 5.28. The molecule has 2 aromatic rings. The summed E-state index contributed by atoms with van der Waals surface area (Å²) in [4.78, 5) is 38.9. The van der Waals surface area contributed by atoms with Crippen molar-refractivity contribution in [3.05, 3.63) is 45.7 Å². The molecule has 1 N–H and O–H groups in total. The highest BCUT2D eigenvalue weighted by Crippen LogP contribution is 2.34. The second-order valence-corrected chi connectivity index (χ2v) is 7.84. The lowest BCUT2D eigenvalue weighted by molar-refractivity contribution is -0.122. The Morgan fingerprint density at radius 3 is 2.75 bits per heavy atom. The molecule has 32 heavy (non-hydrogen) atoms. The second kappa shape index (κ2) is 10.4. The fraction of sp³-hybridized carbons (Fsp3) is 0.364. The fourth-order valence-corrected chi connectivity index (χ4v) is 4.08. The van der Waals surface area contributed by atoms with Crippen molar-refractivity contribution in [2.75, 3.05) is 26.8 Å². The van der Waals surface area contributed by atoms with Crippen molar-refractivity contribution in [3.8, 4) is 11.5 Å². The van der Waals surface area contributed by atoms with E-state index in [4.69, 9.17) is 14.0 Å². The van der Waals surface area contributed by atoms with Gasteiger partial charge in [0.15, 0.2) is 11.5 Å². The molecule has 3 amide bonds. The highest BCUT2D eigenvalue weighted by Gasteiger charge is 2.34. The van der Waals surface area contributed by atoms with Crippen LogP contribution in [0.25, 0.3) is 6.08 Å². The van der Waals surface area contributed by atoms with E-state index < -0.39 is 5.91 Å². The molecule has 1 aromatic heterocycles. The van der Waals surface area contributed by atoms with Crippen molar-refractivity contribution in [2.45, 2.75) is 27.2 Å². The standard InChI is InChI=1S/C22H25N3O6S/c1-5-15-19(13(3)31-24-15)20(26)23-9-10-25-21(27)18(32-22(25)28)12-14-7-8-16(30-6-2)17(11-14)29-4/h7-8,11-12H,5-6,9-10H2,1-4H3,(H,23,26). The number of amides is 3. The van der Waals surface area contributed by atoms with Gasteiger partial charge in [-0.2, -0.15) is 0 Å². The summed E-state index contributed by atoms with van der Waals surface area (Å²) in [5.74, 6) is 0.824. The van der Waals surface area contributed by atoms with Gasteiger partial charge in [0.25, 0.3) is 17.1 Å². The van der Waals surface area contributed by atoms with Crippen LogP contribution in [0.2, 0.25) is 0 Å². The number of rotatable bonds is 9. The molecule has 170 valence electrons. The largest absolute Gasteiger partial charge is 0.493 e. The van der Waals surface area contributed by atoms with Gasteiger partial charge in [-0.05, 0) is 55.8 Å². The van der Waals surface area contributed by atoms with Gasteiger partial charge >= 0.3 is 0 Å². The molecule has 10 heteroatoms. The summed E-state index contributed by atoms with van der Waals surface area (Å²) in [6.45, 7) is 6.10. The number of hydrogen-bond acceptors (Lipinski definition) is 8. The third-order valence-corrected chi connectivity index (χ3v) is 5.68. The van der Waals surface area contributed by atoms with Crippen LogP contribution in [-0.4, -0.2) is 53.9 Å². The SMILES string of the molecule is CCOc1ccc(C=C2SC(=O)N(CCNC(=O)c3c(CC)noc3C)C2=O)cc1OC. The molecule has 1 aromatic carbocycles. The molecule has 1 aliphatic rings. The van der Waals surface area contributed by atoms with Gasteiger partial charge < -0.3 is 19.3 Å². The lowest BCUT2D eigenvalue weighted by Crippen LogP contribution is -2.37. The van der Waals surface area contributed by atoms with Crippen molar-refractivity contribution in [1.82, 2.24) is 15.4 Å². The lowest BCUT2D eigenvalue weighted by Gasteiger charge is -2.13. The predicted octanol–water partition coefficient (Wildman–Crippen LogP) is 3.42. The highest BCUT2D eigenvalue weighted by atomic mass is 32.2. The van der Waals surface area contributed by atoms with Crippen LogP contribution in [0.5, 0.6) is 11.5 Å². The molecule has 1 saturated heterocycles. The molecule has 3 rings (SSSR count). The van der Waals surface area contributed by atoms with Gasteiger partial charge in [-0.1, -0.05) is 18.1 Å². The van der Waals surface area contributed by atoms with Gasteiger partial charge in [0.05, 0.1) is 24.3 Å².